The van der Waals surface area contributed by atoms with Gasteiger partial charge in [0.1, 0.15) is 17.4 Å². The van der Waals surface area contributed by atoms with Gasteiger partial charge in [0.25, 0.3) is 0 Å². The number of benzene rings is 1. The van der Waals surface area contributed by atoms with Crippen LogP contribution in [0.2, 0.25) is 0 Å². The van der Waals surface area contributed by atoms with Crippen molar-refractivity contribution in [3.63, 3.8) is 0 Å². The fourth-order valence-corrected chi connectivity index (χ4v) is 4.38. The number of amides is 1. The molecule has 28 heavy (non-hydrogen) atoms. The molecular formula is C20H21N5O2S. The maximum atomic E-state index is 12.5. The summed E-state index contributed by atoms with van der Waals surface area (Å²) in [4.78, 5) is 19.0. The number of thiazole rings is 1. The topological polar surface area (TPSA) is 80.2 Å². The van der Waals surface area contributed by atoms with Crippen molar-refractivity contribution in [1.82, 2.24) is 20.5 Å². The molecule has 2 aromatic heterocycles. The zero-order valence-corrected chi connectivity index (χ0v) is 16.4. The van der Waals surface area contributed by atoms with Crippen LogP contribution in [-0.4, -0.2) is 46.3 Å². The number of aryl methyl sites for hydroxylation is 1. The lowest BCUT2D eigenvalue weighted by molar-refractivity contribution is -0.131. The Morgan fingerprint density at radius 3 is 3.00 bits per heavy atom. The summed E-state index contributed by atoms with van der Waals surface area (Å²) in [6.07, 6.45) is 3.34. The van der Waals surface area contributed by atoms with Gasteiger partial charge in [-0.2, -0.15) is 5.10 Å². The number of anilines is 1. The van der Waals surface area contributed by atoms with Gasteiger partial charge in [0.15, 0.2) is 5.82 Å². The molecule has 2 fully saturated rings. The standard InChI is InChI=1S/C20H21N5O2S/c1-12-5-18(24-22-8-12)25-9-14(10-25)23-20(26)13-6-15(7-13)27-16-3-2-4-17-19(16)21-11-28-17/h2-5,8,11,13-15H,6-7,9-10H2,1H3,(H,23,26). The van der Waals surface area contributed by atoms with Crippen molar-refractivity contribution >= 4 is 33.3 Å². The van der Waals surface area contributed by atoms with E-state index >= 15 is 0 Å². The Hall–Kier alpha value is -2.74. The number of aromatic nitrogens is 3. The average molecular weight is 395 g/mol. The summed E-state index contributed by atoms with van der Waals surface area (Å²) >= 11 is 1.61. The highest BCUT2D eigenvalue weighted by Gasteiger charge is 2.39. The molecule has 7 nitrogen and oxygen atoms in total. The van der Waals surface area contributed by atoms with E-state index in [-0.39, 0.29) is 24.0 Å². The molecule has 1 N–H and O–H groups in total. The Labute approximate surface area is 166 Å². The second-order valence-corrected chi connectivity index (χ2v) is 8.45. The van der Waals surface area contributed by atoms with Crippen molar-refractivity contribution in [3.05, 3.63) is 41.5 Å². The number of carbonyl (C=O) groups is 1. The van der Waals surface area contributed by atoms with Crippen LogP contribution in [0.4, 0.5) is 5.82 Å². The third kappa shape index (κ3) is 3.28. The third-order valence-corrected chi connectivity index (χ3v) is 6.21. The van der Waals surface area contributed by atoms with E-state index in [1.165, 1.54) is 0 Å². The van der Waals surface area contributed by atoms with E-state index in [2.05, 4.69) is 25.4 Å². The molecule has 144 valence electrons. The molecule has 3 aromatic rings. The number of carbonyl (C=O) groups excluding carboxylic acids is 1. The Morgan fingerprint density at radius 2 is 2.18 bits per heavy atom. The number of para-hydroxylation sites is 1. The maximum absolute atomic E-state index is 12.5. The number of nitrogens with zero attached hydrogens (tertiary/aromatic N) is 4. The van der Waals surface area contributed by atoms with Crippen LogP contribution in [0.1, 0.15) is 18.4 Å². The van der Waals surface area contributed by atoms with E-state index in [1.54, 1.807) is 17.5 Å². The Morgan fingerprint density at radius 1 is 1.32 bits per heavy atom. The Balaban J connectivity index is 1.09. The van der Waals surface area contributed by atoms with Crippen LogP contribution in [0.3, 0.4) is 0 Å². The molecular weight excluding hydrogens is 374 g/mol. The van der Waals surface area contributed by atoms with Crippen molar-refractivity contribution in [1.29, 1.82) is 0 Å². The number of ether oxygens (including phenoxy) is 1. The molecule has 8 heteroatoms. The monoisotopic (exact) mass is 395 g/mol. The third-order valence-electron chi connectivity index (χ3n) is 5.41. The van der Waals surface area contributed by atoms with Crippen LogP contribution in [-0.2, 0) is 4.79 Å². The second-order valence-electron chi connectivity index (χ2n) is 7.57. The van der Waals surface area contributed by atoms with Gasteiger partial charge in [-0.1, -0.05) is 6.07 Å². The highest BCUT2D eigenvalue weighted by Crippen LogP contribution is 2.35. The first-order valence-corrected chi connectivity index (χ1v) is 10.4. The highest BCUT2D eigenvalue weighted by molar-refractivity contribution is 7.16. The normalized spacial score (nSPS) is 21.8. The molecule has 5 rings (SSSR count). The summed E-state index contributed by atoms with van der Waals surface area (Å²) in [5.74, 6) is 1.86. The quantitative estimate of drug-likeness (QED) is 0.715. The molecule has 1 aliphatic heterocycles. The zero-order chi connectivity index (χ0) is 19.1. The molecule has 1 amide bonds. The van der Waals surface area contributed by atoms with Crippen LogP contribution in [0, 0.1) is 12.8 Å². The van der Waals surface area contributed by atoms with Crippen molar-refractivity contribution < 1.29 is 9.53 Å². The maximum Gasteiger partial charge on any atom is 0.223 e. The number of hydrogen-bond acceptors (Lipinski definition) is 7. The van der Waals surface area contributed by atoms with Gasteiger partial charge in [0.2, 0.25) is 5.91 Å². The fraction of sp³-hybridized carbons (Fsp3) is 0.400. The van der Waals surface area contributed by atoms with Gasteiger partial charge in [0, 0.05) is 19.0 Å². The average Bonchev–Trinajstić information content (AvgIpc) is 3.09. The zero-order valence-electron chi connectivity index (χ0n) is 15.5. The summed E-state index contributed by atoms with van der Waals surface area (Å²) in [5.41, 5.74) is 3.83. The molecule has 0 atom stereocenters. The smallest absolute Gasteiger partial charge is 0.223 e. The lowest BCUT2D eigenvalue weighted by Gasteiger charge is -2.42. The molecule has 0 unspecified atom stereocenters. The first-order chi connectivity index (χ1) is 13.7. The Kier molecular flexibility index (Phi) is 4.35. The molecule has 1 aromatic carbocycles. The van der Waals surface area contributed by atoms with E-state index in [1.807, 2.05) is 36.7 Å². The van der Waals surface area contributed by atoms with Gasteiger partial charge >= 0.3 is 0 Å². The lowest BCUT2D eigenvalue weighted by Crippen LogP contribution is -2.61. The SMILES string of the molecule is Cc1cnnc(N2CC(NC(=O)C3CC(Oc4cccc5scnc45)C3)C2)c1. The molecule has 2 aliphatic rings. The van der Waals surface area contributed by atoms with Crippen molar-refractivity contribution in [2.24, 2.45) is 5.92 Å². The van der Waals surface area contributed by atoms with Crippen LogP contribution in [0.25, 0.3) is 10.2 Å². The van der Waals surface area contributed by atoms with E-state index < -0.39 is 0 Å². The van der Waals surface area contributed by atoms with Gasteiger partial charge in [0.05, 0.1) is 22.4 Å². The first-order valence-electron chi connectivity index (χ1n) is 9.49. The summed E-state index contributed by atoms with van der Waals surface area (Å²) < 4.78 is 7.20. The number of fused-ring (bicyclic) bond motifs is 1. The summed E-state index contributed by atoms with van der Waals surface area (Å²) in [6.45, 7) is 3.56. The van der Waals surface area contributed by atoms with Crippen LogP contribution in [0.5, 0.6) is 5.75 Å². The summed E-state index contributed by atoms with van der Waals surface area (Å²) in [7, 11) is 0. The highest BCUT2D eigenvalue weighted by atomic mass is 32.1. The minimum atomic E-state index is 0.0347. The van der Waals surface area contributed by atoms with Crippen LogP contribution < -0.4 is 15.0 Å². The van der Waals surface area contributed by atoms with E-state index in [9.17, 15) is 4.79 Å². The van der Waals surface area contributed by atoms with Gasteiger partial charge < -0.3 is 15.0 Å². The van der Waals surface area contributed by atoms with Gasteiger partial charge in [-0.3, -0.25) is 4.79 Å². The number of nitrogens with one attached hydrogen (secondary N) is 1. The number of rotatable bonds is 5. The second kappa shape index (κ2) is 7.01. The van der Waals surface area contributed by atoms with E-state index in [0.29, 0.717) is 0 Å². The molecule has 1 saturated carbocycles. The van der Waals surface area contributed by atoms with E-state index in [4.69, 9.17) is 4.74 Å². The van der Waals surface area contributed by atoms with Crippen molar-refractivity contribution in [3.8, 4) is 5.75 Å². The molecule has 3 heterocycles. The largest absolute Gasteiger partial charge is 0.488 e. The molecule has 0 bridgehead atoms. The van der Waals surface area contributed by atoms with Gasteiger partial charge in [-0.25, -0.2) is 4.98 Å². The first kappa shape index (κ1) is 17.4. The fourth-order valence-electron chi connectivity index (χ4n) is 3.69. The molecule has 1 saturated heterocycles. The predicted molar refractivity (Wildman–Crippen MR) is 108 cm³/mol. The van der Waals surface area contributed by atoms with Crippen LogP contribution >= 0.6 is 11.3 Å². The van der Waals surface area contributed by atoms with Crippen molar-refractivity contribution in [2.75, 3.05) is 18.0 Å². The molecule has 0 radical (unpaired) electrons. The van der Waals surface area contributed by atoms with E-state index in [0.717, 1.165) is 53.3 Å². The minimum Gasteiger partial charge on any atom is -0.488 e. The number of hydrogen-bond donors (Lipinski definition) is 1. The summed E-state index contributed by atoms with van der Waals surface area (Å²) in [6, 6.07) is 8.17. The predicted octanol–water partition coefficient (Wildman–Crippen LogP) is 2.56. The minimum absolute atomic E-state index is 0.0347. The van der Waals surface area contributed by atoms with Crippen LogP contribution in [0.15, 0.2) is 36.0 Å². The molecule has 1 aliphatic carbocycles. The summed E-state index contributed by atoms with van der Waals surface area (Å²) in [5, 5.41) is 11.3. The van der Waals surface area contributed by atoms with Gasteiger partial charge in [-0.15, -0.1) is 16.4 Å². The van der Waals surface area contributed by atoms with Crippen molar-refractivity contribution in [2.45, 2.75) is 31.9 Å². The van der Waals surface area contributed by atoms with Gasteiger partial charge in [-0.05, 0) is 43.5 Å². The molecule has 0 spiro atoms. The lowest BCUT2D eigenvalue weighted by atomic mass is 9.81. The Bertz CT molecular complexity index is 1010.